The molecule has 0 fully saturated rings. The number of halogens is 1. The average Bonchev–Trinajstić information content (AvgIpc) is 3.12. The second-order valence-electron chi connectivity index (χ2n) is 8.05. The maximum atomic E-state index is 13.2. The summed E-state index contributed by atoms with van der Waals surface area (Å²) >= 11 is 6.24. The molecule has 2 heterocycles. The van der Waals surface area contributed by atoms with Crippen LogP contribution >= 0.6 is 11.6 Å². The van der Waals surface area contributed by atoms with E-state index in [1.54, 1.807) is 36.5 Å². The SMILES string of the molecule is Cc1cc(-c2cccc(S(=O)(=O)Nc3cc(NCC(C)C)c4n[nH]c(Cl)c4c3)c2)ccn1. The fourth-order valence-electron chi connectivity index (χ4n) is 3.38. The minimum absolute atomic E-state index is 0.166. The van der Waals surface area contributed by atoms with Gasteiger partial charge in [0.25, 0.3) is 10.0 Å². The fourth-order valence-corrected chi connectivity index (χ4v) is 4.65. The molecule has 0 saturated heterocycles. The zero-order valence-electron chi connectivity index (χ0n) is 18.0. The predicted molar refractivity (Wildman–Crippen MR) is 130 cm³/mol. The number of sulfonamides is 1. The van der Waals surface area contributed by atoms with E-state index in [9.17, 15) is 8.42 Å². The van der Waals surface area contributed by atoms with Gasteiger partial charge in [0.1, 0.15) is 10.7 Å². The van der Waals surface area contributed by atoms with Crippen LogP contribution in [0.1, 0.15) is 19.5 Å². The topological polar surface area (TPSA) is 99.8 Å². The second-order valence-corrected chi connectivity index (χ2v) is 10.1. The standard InChI is InChI=1S/C23H24ClN5O2S/c1-14(2)13-26-21-12-18(11-20-22(21)27-28-23(20)24)29-32(30,31)19-6-4-5-16(10-19)17-7-8-25-15(3)9-17/h4-12,14,26,29H,13H2,1-3H3,(H,27,28). The molecule has 2 aromatic carbocycles. The Balaban J connectivity index is 1.69. The van der Waals surface area contributed by atoms with Gasteiger partial charge in [0.05, 0.1) is 16.3 Å². The third-order valence-electron chi connectivity index (χ3n) is 4.94. The summed E-state index contributed by atoms with van der Waals surface area (Å²) in [6, 6.07) is 14.0. The van der Waals surface area contributed by atoms with Gasteiger partial charge in [-0.25, -0.2) is 8.42 Å². The van der Waals surface area contributed by atoms with Crippen molar-refractivity contribution in [3.05, 3.63) is 65.6 Å². The summed E-state index contributed by atoms with van der Waals surface area (Å²) in [4.78, 5) is 4.37. The molecule has 4 rings (SSSR count). The first kappa shape index (κ1) is 22.1. The fraction of sp³-hybridized carbons (Fsp3) is 0.217. The normalized spacial score (nSPS) is 11.8. The number of hydrogen-bond donors (Lipinski definition) is 3. The van der Waals surface area contributed by atoms with E-state index in [2.05, 4.69) is 39.1 Å². The summed E-state index contributed by atoms with van der Waals surface area (Å²) in [7, 11) is -3.83. The lowest BCUT2D eigenvalue weighted by Gasteiger charge is -2.14. The van der Waals surface area contributed by atoms with Crippen LogP contribution in [0.15, 0.2) is 59.6 Å². The molecule has 0 unspecified atom stereocenters. The van der Waals surface area contributed by atoms with E-state index < -0.39 is 10.0 Å². The van der Waals surface area contributed by atoms with Crippen LogP contribution in [0.5, 0.6) is 0 Å². The average molecular weight is 470 g/mol. The number of benzene rings is 2. The number of nitrogens with one attached hydrogen (secondary N) is 3. The summed E-state index contributed by atoms with van der Waals surface area (Å²) in [6.45, 7) is 6.79. The van der Waals surface area contributed by atoms with Gasteiger partial charge in [-0.2, -0.15) is 5.10 Å². The highest BCUT2D eigenvalue weighted by Gasteiger charge is 2.18. The van der Waals surface area contributed by atoms with Gasteiger partial charge < -0.3 is 5.32 Å². The molecule has 0 spiro atoms. The summed E-state index contributed by atoms with van der Waals surface area (Å²) < 4.78 is 29.1. The van der Waals surface area contributed by atoms with Gasteiger partial charge >= 0.3 is 0 Å². The van der Waals surface area contributed by atoms with E-state index in [4.69, 9.17) is 11.6 Å². The Labute approximate surface area is 192 Å². The molecule has 2 aromatic heterocycles. The Morgan fingerprint density at radius 2 is 1.88 bits per heavy atom. The molecular weight excluding hydrogens is 446 g/mol. The third-order valence-corrected chi connectivity index (χ3v) is 6.61. The minimum atomic E-state index is -3.83. The molecule has 0 saturated carbocycles. The van der Waals surface area contributed by atoms with Crippen molar-refractivity contribution in [3.8, 4) is 11.1 Å². The van der Waals surface area contributed by atoms with Gasteiger partial charge in [0.15, 0.2) is 0 Å². The first-order valence-electron chi connectivity index (χ1n) is 10.2. The molecule has 7 nitrogen and oxygen atoms in total. The Morgan fingerprint density at radius 1 is 1.09 bits per heavy atom. The number of aromatic nitrogens is 3. The number of rotatable bonds is 7. The smallest absolute Gasteiger partial charge is 0.261 e. The second kappa shape index (κ2) is 8.80. The number of fused-ring (bicyclic) bond motifs is 1. The van der Waals surface area contributed by atoms with Crippen molar-refractivity contribution in [2.75, 3.05) is 16.6 Å². The Bertz CT molecular complexity index is 1380. The first-order valence-corrected chi connectivity index (χ1v) is 12.1. The van der Waals surface area contributed by atoms with Crippen LogP contribution in [0.3, 0.4) is 0 Å². The molecular formula is C23H24ClN5O2S. The van der Waals surface area contributed by atoms with Crippen LogP contribution in [0, 0.1) is 12.8 Å². The van der Waals surface area contributed by atoms with E-state index in [1.165, 1.54) is 0 Å². The van der Waals surface area contributed by atoms with Crippen molar-refractivity contribution in [3.63, 3.8) is 0 Å². The van der Waals surface area contributed by atoms with Crippen molar-refractivity contribution in [1.29, 1.82) is 0 Å². The monoisotopic (exact) mass is 469 g/mol. The zero-order valence-corrected chi connectivity index (χ0v) is 19.6. The van der Waals surface area contributed by atoms with Crippen molar-refractivity contribution in [2.24, 2.45) is 5.92 Å². The van der Waals surface area contributed by atoms with Crippen LogP contribution in [0.25, 0.3) is 22.0 Å². The van der Waals surface area contributed by atoms with Crippen molar-refractivity contribution in [2.45, 2.75) is 25.7 Å². The summed E-state index contributed by atoms with van der Waals surface area (Å²) in [5.41, 5.74) is 4.33. The predicted octanol–water partition coefficient (Wildman–Crippen LogP) is 5.46. The van der Waals surface area contributed by atoms with Crippen LogP contribution in [-0.4, -0.2) is 30.1 Å². The van der Waals surface area contributed by atoms with Crippen LogP contribution < -0.4 is 10.0 Å². The lowest BCUT2D eigenvalue weighted by molar-refractivity contribution is 0.601. The number of anilines is 2. The molecule has 0 aliphatic rings. The number of nitrogens with zero attached hydrogens (tertiary/aromatic N) is 2. The van der Waals surface area contributed by atoms with Crippen LogP contribution in [0.2, 0.25) is 5.15 Å². The highest BCUT2D eigenvalue weighted by Crippen LogP contribution is 2.32. The van der Waals surface area contributed by atoms with Crippen molar-refractivity contribution >= 4 is 43.9 Å². The molecule has 0 atom stereocenters. The zero-order chi connectivity index (χ0) is 22.9. The van der Waals surface area contributed by atoms with E-state index in [-0.39, 0.29) is 4.90 Å². The first-order chi connectivity index (χ1) is 15.2. The van der Waals surface area contributed by atoms with Gasteiger partial charge in [-0.3, -0.25) is 14.8 Å². The molecule has 3 N–H and O–H groups in total. The van der Waals surface area contributed by atoms with E-state index in [0.717, 1.165) is 16.8 Å². The Kier molecular flexibility index (Phi) is 6.08. The van der Waals surface area contributed by atoms with Gasteiger partial charge in [-0.15, -0.1) is 0 Å². The molecule has 4 aromatic rings. The van der Waals surface area contributed by atoms with Gasteiger partial charge in [-0.05, 0) is 60.4 Å². The number of H-pyrrole nitrogens is 1. The molecule has 9 heteroatoms. The van der Waals surface area contributed by atoms with E-state index in [0.29, 0.717) is 39.9 Å². The highest BCUT2D eigenvalue weighted by atomic mass is 35.5. The van der Waals surface area contributed by atoms with Gasteiger partial charge in [0.2, 0.25) is 0 Å². The molecule has 0 bridgehead atoms. The number of hydrogen-bond acceptors (Lipinski definition) is 5. The van der Waals surface area contributed by atoms with Crippen molar-refractivity contribution < 1.29 is 8.42 Å². The van der Waals surface area contributed by atoms with Gasteiger partial charge in [0, 0.05) is 23.8 Å². The summed E-state index contributed by atoms with van der Waals surface area (Å²) in [5.74, 6) is 0.402. The van der Waals surface area contributed by atoms with Crippen molar-refractivity contribution in [1.82, 2.24) is 15.2 Å². The molecule has 32 heavy (non-hydrogen) atoms. The third kappa shape index (κ3) is 4.71. The largest absolute Gasteiger partial charge is 0.383 e. The minimum Gasteiger partial charge on any atom is -0.383 e. The van der Waals surface area contributed by atoms with Gasteiger partial charge in [-0.1, -0.05) is 37.6 Å². The number of aryl methyl sites for hydroxylation is 1. The molecule has 0 radical (unpaired) electrons. The lowest BCUT2D eigenvalue weighted by Crippen LogP contribution is -2.14. The quantitative estimate of drug-likeness (QED) is 0.334. The molecule has 0 amide bonds. The highest BCUT2D eigenvalue weighted by molar-refractivity contribution is 7.92. The Morgan fingerprint density at radius 3 is 2.62 bits per heavy atom. The summed E-state index contributed by atoms with van der Waals surface area (Å²) in [6.07, 6.45) is 1.71. The van der Waals surface area contributed by atoms with E-state index in [1.807, 2.05) is 25.1 Å². The lowest BCUT2D eigenvalue weighted by atomic mass is 10.1. The van der Waals surface area contributed by atoms with Crippen LogP contribution in [-0.2, 0) is 10.0 Å². The summed E-state index contributed by atoms with van der Waals surface area (Å²) in [5, 5.41) is 11.3. The van der Waals surface area contributed by atoms with E-state index >= 15 is 0 Å². The maximum Gasteiger partial charge on any atom is 0.261 e. The Hall–Kier alpha value is -3.10. The molecule has 166 valence electrons. The molecule has 0 aliphatic carbocycles. The number of pyridine rings is 1. The number of aromatic amines is 1. The maximum absolute atomic E-state index is 13.2. The molecule has 0 aliphatic heterocycles. The van der Waals surface area contributed by atoms with Crippen LogP contribution in [0.4, 0.5) is 11.4 Å².